The van der Waals surface area contributed by atoms with Crippen LogP contribution in [0.25, 0.3) is 0 Å². The number of aliphatic hydroxyl groups excluding tert-OH is 1. The van der Waals surface area contributed by atoms with E-state index in [1.165, 1.54) is 6.07 Å². The number of hydrogen-bond acceptors (Lipinski definition) is 6. The minimum atomic E-state index is -0.496. The highest BCUT2D eigenvalue weighted by molar-refractivity contribution is 5.59. The van der Waals surface area contributed by atoms with Gasteiger partial charge in [0.15, 0.2) is 0 Å². The summed E-state index contributed by atoms with van der Waals surface area (Å²) in [5, 5.41) is 20.0. The summed E-state index contributed by atoms with van der Waals surface area (Å²) in [6, 6.07) is 4.68. The summed E-state index contributed by atoms with van der Waals surface area (Å²) in [5.74, 6) is 0. The molecule has 7 heteroatoms. The molecule has 1 aliphatic rings. The summed E-state index contributed by atoms with van der Waals surface area (Å²) in [4.78, 5) is 12.3. The van der Waals surface area contributed by atoms with Crippen LogP contribution in [0.3, 0.4) is 0 Å². The zero-order valence-electron chi connectivity index (χ0n) is 10.5. The SMILES string of the molecule is Nc1cc(CN2CCOCC2CO)ccc1[N+](=O)[O-]. The number of anilines is 1. The van der Waals surface area contributed by atoms with Gasteiger partial charge in [-0.05, 0) is 11.6 Å². The topological polar surface area (TPSA) is 102 Å². The van der Waals surface area contributed by atoms with Gasteiger partial charge in [-0.2, -0.15) is 0 Å². The highest BCUT2D eigenvalue weighted by atomic mass is 16.6. The Hall–Kier alpha value is -1.70. The maximum absolute atomic E-state index is 10.7. The van der Waals surface area contributed by atoms with Gasteiger partial charge in [0.1, 0.15) is 5.69 Å². The second kappa shape index (κ2) is 5.96. The van der Waals surface area contributed by atoms with Gasteiger partial charge in [0.25, 0.3) is 5.69 Å². The van der Waals surface area contributed by atoms with E-state index < -0.39 is 4.92 Å². The summed E-state index contributed by atoms with van der Waals surface area (Å²) in [7, 11) is 0. The lowest BCUT2D eigenvalue weighted by molar-refractivity contribution is -0.383. The van der Waals surface area contributed by atoms with Gasteiger partial charge < -0.3 is 15.6 Å². The Kier molecular flexibility index (Phi) is 4.31. The average molecular weight is 267 g/mol. The first-order valence-electron chi connectivity index (χ1n) is 6.07. The molecule has 0 radical (unpaired) electrons. The van der Waals surface area contributed by atoms with Crippen LogP contribution in [0.4, 0.5) is 11.4 Å². The lowest BCUT2D eigenvalue weighted by Crippen LogP contribution is -2.46. The van der Waals surface area contributed by atoms with Gasteiger partial charge in [0, 0.05) is 19.2 Å². The number of benzene rings is 1. The molecule has 1 unspecified atom stereocenters. The molecule has 0 amide bonds. The molecule has 104 valence electrons. The first-order valence-corrected chi connectivity index (χ1v) is 6.07. The molecule has 1 aliphatic heterocycles. The summed E-state index contributed by atoms with van der Waals surface area (Å²) < 4.78 is 5.30. The Morgan fingerprint density at radius 2 is 2.37 bits per heavy atom. The molecule has 0 aliphatic carbocycles. The van der Waals surface area contributed by atoms with Crippen molar-refractivity contribution < 1.29 is 14.8 Å². The van der Waals surface area contributed by atoms with Crippen molar-refractivity contribution in [2.75, 3.05) is 32.1 Å². The summed E-state index contributed by atoms with van der Waals surface area (Å²) in [6.45, 7) is 2.47. The highest BCUT2D eigenvalue weighted by Crippen LogP contribution is 2.23. The minimum Gasteiger partial charge on any atom is -0.395 e. The molecule has 0 bridgehead atoms. The molecular formula is C12H17N3O4. The molecule has 19 heavy (non-hydrogen) atoms. The number of nitro groups is 1. The quantitative estimate of drug-likeness (QED) is 0.464. The zero-order valence-corrected chi connectivity index (χ0v) is 10.5. The third-order valence-electron chi connectivity index (χ3n) is 3.23. The molecule has 0 aromatic heterocycles. The van der Waals surface area contributed by atoms with E-state index >= 15 is 0 Å². The fourth-order valence-corrected chi connectivity index (χ4v) is 2.17. The largest absolute Gasteiger partial charge is 0.395 e. The number of rotatable bonds is 4. The molecule has 1 aromatic carbocycles. The predicted molar refractivity (Wildman–Crippen MR) is 69.6 cm³/mol. The molecule has 1 saturated heterocycles. The number of nitrogen functional groups attached to an aromatic ring is 1. The fraction of sp³-hybridized carbons (Fsp3) is 0.500. The van der Waals surface area contributed by atoms with Crippen molar-refractivity contribution in [3.05, 3.63) is 33.9 Å². The second-order valence-electron chi connectivity index (χ2n) is 4.53. The minimum absolute atomic E-state index is 0.0302. The van der Waals surface area contributed by atoms with Gasteiger partial charge in [0.2, 0.25) is 0 Å². The number of morpholine rings is 1. The van der Waals surface area contributed by atoms with Gasteiger partial charge in [-0.15, -0.1) is 0 Å². The second-order valence-corrected chi connectivity index (χ2v) is 4.53. The monoisotopic (exact) mass is 267 g/mol. The molecule has 2 rings (SSSR count). The Balaban J connectivity index is 2.10. The first kappa shape index (κ1) is 13.7. The number of ether oxygens (including phenoxy) is 1. The Morgan fingerprint density at radius 3 is 3.00 bits per heavy atom. The van der Waals surface area contributed by atoms with Gasteiger partial charge >= 0.3 is 0 Å². The van der Waals surface area contributed by atoms with Crippen LogP contribution < -0.4 is 5.73 Å². The zero-order chi connectivity index (χ0) is 13.8. The van der Waals surface area contributed by atoms with Crippen LogP contribution in [0.15, 0.2) is 18.2 Å². The van der Waals surface area contributed by atoms with Crippen LogP contribution in [-0.4, -0.2) is 47.3 Å². The molecule has 1 aromatic rings. The highest BCUT2D eigenvalue weighted by Gasteiger charge is 2.22. The Morgan fingerprint density at radius 1 is 1.58 bits per heavy atom. The van der Waals surface area contributed by atoms with E-state index in [-0.39, 0.29) is 24.0 Å². The maximum Gasteiger partial charge on any atom is 0.292 e. The van der Waals surface area contributed by atoms with E-state index in [2.05, 4.69) is 4.90 Å². The summed E-state index contributed by atoms with van der Waals surface area (Å²) in [6.07, 6.45) is 0. The first-order chi connectivity index (χ1) is 9.11. The van der Waals surface area contributed by atoms with E-state index in [0.29, 0.717) is 19.8 Å². The maximum atomic E-state index is 10.7. The van der Waals surface area contributed by atoms with Crippen molar-refractivity contribution >= 4 is 11.4 Å². The third kappa shape index (κ3) is 3.19. The van der Waals surface area contributed by atoms with E-state index in [1.54, 1.807) is 12.1 Å². The van der Waals surface area contributed by atoms with Crippen molar-refractivity contribution in [2.24, 2.45) is 0 Å². The third-order valence-corrected chi connectivity index (χ3v) is 3.23. The lowest BCUT2D eigenvalue weighted by atomic mass is 10.1. The molecular weight excluding hydrogens is 250 g/mol. The van der Waals surface area contributed by atoms with Crippen molar-refractivity contribution in [2.45, 2.75) is 12.6 Å². The molecule has 1 heterocycles. The summed E-state index contributed by atoms with van der Waals surface area (Å²) in [5.41, 5.74) is 6.64. The van der Waals surface area contributed by atoms with Crippen LogP contribution in [-0.2, 0) is 11.3 Å². The van der Waals surface area contributed by atoms with Crippen LogP contribution in [0.5, 0.6) is 0 Å². The van der Waals surface area contributed by atoms with E-state index in [9.17, 15) is 15.2 Å². The van der Waals surface area contributed by atoms with Gasteiger partial charge in [-0.3, -0.25) is 15.0 Å². The predicted octanol–water partition coefficient (Wildman–Crippen LogP) is 0.370. The Labute approximate surface area is 110 Å². The fourth-order valence-electron chi connectivity index (χ4n) is 2.17. The van der Waals surface area contributed by atoms with Crippen molar-refractivity contribution in [3.8, 4) is 0 Å². The summed E-state index contributed by atoms with van der Waals surface area (Å²) >= 11 is 0. The number of nitrogens with two attached hydrogens (primary N) is 1. The molecule has 1 fully saturated rings. The van der Waals surface area contributed by atoms with Crippen molar-refractivity contribution in [1.82, 2.24) is 4.90 Å². The van der Waals surface area contributed by atoms with Crippen LogP contribution in [0, 0.1) is 10.1 Å². The molecule has 1 atom stereocenters. The molecule has 0 saturated carbocycles. The van der Waals surface area contributed by atoms with E-state index in [4.69, 9.17) is 10.5 Å². The Bertz CT molecular complexity index is 466. The van der Waals surface area contributed by atoms with E-state index in [0.717, 1.165) is 12.1 Å². The smallest absolute Gasteiger partial charge is 0.292 e. The number of aliphatic hydroxyl groups is 1. The van der Waals surface area contributed by atoms with Crippen LogP contribution >= 0.6 is 0 Å². The number of hydrogen-bond donors (Lipinski definition) is 2. The standard InChI is InChI=1S/C12H17N3O4/c13-11-5-9(1-2-12(11)15(17)18)6-14-3-4-19-8-10(14)7-16/h1-2,5,10,16H,3-4,6-8,13H2. The van der Waals surface area contributed by atoms with E-state index in [1.807, 2.05) is 0 Å². The molecule has 3 N–H and O–H groups in total. The number of nitrogens with zero attached hydrogens (tertiary/aromatic N) is 2. The van der Waals surface area contributed by atoms with Crippen molar-refractivity contribution in [3.63, 3.8) is 0 Å². The van der Waals surface area contributed by atoms with Gasteiger partial charge in [-0.25, -0.2) is 0 Å². The molecule has 7 nitrogen and oxygen atoms in total. The van der Waals surface area contributed by atoms with Crippen LogP contribution in [0.2, 0.25) is 0 Å². The van der Waals surface area contributed by atoms with Gasteiger partial charge in [-0.1, -0.05) is 6.07 Å². The lowest BCUT2D eigenvalue weighted by Gasteiger charge is -2.34. The normalized spacial score (nSPS) is 20.4. The van der Waals surface area contributed by atoms with Crippen molar-refractivity contribution in [1.29, 1.82) is 0 Å². The number of nitro benzene ring substituents is 1. The van der Waals surface area contributed by atoms with Gasteiger partial charge in [0.05, 0.1) is 30.8 Å². The molecule has 0 spiro atoms. The average Bonchev–Trinajstić information content (AvgIpc) is 2.39. The van der Waals surface area contributed by atoms with Crippen LogP contribution in [0.1, 0.15) is 5.56 Å².